The van der Waals surface area contributed by atoms with Gasteiger partial charge in [0, 0.05) is 11.3 Å². The fraction of sp³-hybridized carbons (Fsp3) is 0.727. The predicted molar refractivity (Wildman–Crippen MR) is 53.1 cm³/mol. The lowest BCUT2D eigenvalue weighted by atomic mass is 9.98. The van der Waals surface area contributed by atoms with Crippen molar-refractivity contribution in [2.24, 2.45) is 5.41 Å². The maximum atomic E-state index is 11.0. The molecule has 2 heteroatoms. The number of rotatable bonds is 3. The SMILES string of the molecule is CCCCOC(=O)C#CC(C)(C)C. The number of esters is 1. The van der Waals surface area contributed by atoms with E-state index in [1.165, 1.54) is 0 Å². The molecular weight excluding hydrogens is 164 g/mol. The van der Waals surface area contributed by atoms with E-state index in [0.717, 1.165) is 12.8 Å². The Kier molecular flexibility index (Phi) is 5.22. The second-order valence-corrected chi connectivity index (χ2v) is 3.99. The molecule has 0 heterocycles. The Bertz CT molecular complexity index is 212. The molecule has 0 rings (SSSR count). The summed E-state index contributed by atoms with van der Waals surface area (Å²) in [5.41, 5.74) is -0.135. The van der Waals surface area contributed by atoms with E-state index >= 15 is 0 Å². The summed E-state index contributed by atoms with van der Waals surface area (Å²) in [6.45, 7) is 8.40. The average molecular weight is 182 g/mol. The van der Waals surface area contributed by atoms with Crippen LogP contribution in [0.5, 0.6) is 0 Å². The third-order valence-corrected chi connectivity index (χ3v) is 1.27. The van der Waals surface area contributed by atoms with Crippen LogP contribution < -0.4 is 0 Å². The van der Waals surface area contributed by atoms with Gasteiger partial charge in [-0.05, 0) is 27.2 Å². The van der Waals surface area contributed by atoms with Crippen molar-refractivity contribution < 1.29 is 9.53 Å². The van der Waals surface area contributed by atoms with E-state index in [1.807, 2.05) is 20.8 Å². The van der Waals surface area contributed by atoms with Gasteiger partial charge in [-0.1, -0.05) is 19.3 Å². The molecule has 0 aromatic carbocycles. The van der Waals surface area contributed by atoms with Crippen LogP contribution in [0.1, 0.15) is 40.5 Å². The first-order chi connectivity index (χ1) is 5.95. The van der Waals surface area contributed by atoms with Gasteiger partial charge in [0.1, 0.15) is 0 Å². The molecule has 74 valence electrons. The van der Waals surface area contributed by atoms with Gasteiger partial charge in [-0.3, -0.25) is 0 Å². The van der Waals surface area contributed by atoms with Crippen LogP contribution in [0, 0.1) is 17.3 Å². The van der Waals surface area contributed by atoms with Crippen molar-refractivity contribution in [1.29, 1.82) is 0 Å². The molecule has 0 aliphatic rings. The number of unbranched alkanes of at least 4 members (excludes halogenated alkanes) is 1. The second-order valence-electron chi connectivity index (χ2n) is 3.99. The fourth-order valence-corrected chi connectivity index (χ4v) is 0.584. The van der Waals surface area contributed by atoms with Gasteiger partial charge in [0.15, 0.2) is 0 Å². The Hall–Kier alpha value is -0.970. The van der Waals surface area contributed by atoms with E-state index in [4.69, 9.17) is 4.74 Å². The topological polar surface area (TPSA) is 26.3 Å². The Morgan fingerprint density at radius 3 is 2.46 bits per heavy atom. The monoisotopic (exact) mass is 182 g/mol. The summed E-state index contributed by atoms with van der Waals surface area (Å²) in [5, 5.41) is 0. The summed E-state index contributed by atoms with van der Waals surface area (Å²) in [7, 11) is 0. The smallest absolute Gasteiger partial charge is 0.384 e. The quantitative estimate of drug-likeness (QED) is 0.290. The first-order valence-electron chi connectivity index (χ1n) is 4.65. The average Bonchev–Trinajstić information content (AvgIpc) is 2.00. The standard InChI is InChI=1S/C11H18O2/c1-5-6-9-13-10(12)7-8-11(2,3)4/h5-6,9H2,1-4H3. The predicted octanol–water partition coefficient (Wildman–Crippen LogP) is 2.38. The van der Waals surface area contributed by atoms with Gasteiger partial charge in [0.25, 0.3) is 0 Å². The molecule has 0 spiro atoms. The molecule has 2 nitrogen and oxygen atoms in total. The van der Waals surface area contributed by atoms with Crippen LogP contribution in [-0.2, 0) is 9.53 Å². The molecule has 0 aromatic rings. The maximum Gasteiger partial charge on any atom is 0.384 e. The van der Waals surface area contributed by atoms with Gasteiger partial charge in [-0.15, -0.1) is 0 Å². The first kappa shape index (κ1) is 12.0. The number of ether oxygens (including phenoxy) is 1. The van der Waals surface area contributed by atoms with Gasteiger partial charge < -0.3 is 4.74 Å². The molecule has 0 saturated heterocycles. The zero-order chi connectivity index (χ0) is 10.3. The highest BCUT2D eigenvalue weighted by Crippen LogP contribution is 2.09. The van der Waals surface area contributed by atoms with Gasteiger partial charge in [-0.25, -0.2) is 4.79 Å². The van der Waals surface area contributed by atoms with Crippen molar-refractivity contribution in [3.05, 3.63) is 0 Å². The van der Waals surface area contributed by atoms with E-state index in [-0.39, 0.29) is 5.41 Å². The molecule has 0 radical (unpaired) electrons. The number of hydrogen-bond donors (Lipinski definition) is 0. The number of hydrogen-bond acceptors (Lipinski definition) is 2. The molecule has 0 aromatic heterocycles. The Labute approximate surface area is 80.7 Å². The highest BCUT2D eigenvalue weighted by Gasteiger charge is 2.05. The van der Waals surface area contributed by atoms with Crippen molar-refractivity contribution >= 4 is 5.97 Å². The van der Waals surface area contributed by atoms with E-state index in [0.29, 0.717) is 6.61 Å². The summed E-state index contributed by atoms with van der Waals surface area (Å²) < 4.78 is 4.87. The highest BCUT2D eigenvalue weighted by molar-refractivity contribution is 5.88. The molecule has 0 aliphatic carbocycles. The maximum absolute atomic E-state index is 11.0. The minimum atomic E-state index is -0.414. The zero-order valence-corrected chi connectivity index (χ0v) is 8.94. The molecule has 0 saturated carbocycles. The Morgan fingerprint density at radius 1 is 1.38 bits per heavy atom. The number of carbonyl (C=O) groups excluding carboxylic acids is 1. The fourth-order valence-electron chi connectivity index (χ4n) is 0.584. The van der Waals surface area contributed by atoms with Gasteiger partial charge in [0.05, 0.1) is 6.61 Å². The van der Waals surface area contributed by atoms with E-state index in [9.17, 15) is 4.79 Å². The molecule has 0 atom stereocenters. The summed E-state index contributed by atoms with van der Waals surface area (Å²) in [6.07, 6.45) is 1.93. The second kappa shape index (κ2) is 5.64. The van der Waals surface area contributed by atoms with Gasteiger partial charge >= 0.3 is 5.97 Å². The van der Waals surface area contributed by atoms with Crippen molar-refractivity contribution in [3.63, 3.8) is 0 Å². The van der Waals surface area contributed by atoms with E-state index < -0.39 is 5.97 Å². The van der Waals surface area contributed by atoms with Gasteiger partial charge in [-0.2, -0.15) is 0 Å². The number of carbonyl (C=O) groups is 1. The molecule has 0 fully saturated rings. The summed E-state index contributed by atoms with van der Waals surface area (Å²) in [6, 6.07) is 0. The molecule has 0 bridgehead atoms. The van der Waals surface area contributed by atoms with Crippen LogP contribution in [0.3, 0.4) is 0 Å². The van der Waals surface area contributed by atoms with Crippen molar-refractivity contribution in [2.75, 3.05) is 6.61 Å². The van der Waals surface area contributed by atoms with Crippen LogP contribution in [-0.4, -0.2) is 12.6 Å². The summed E-state index contributed by atoms with van der Waals surface area (Å²) >= 11 is 0. The minimum Gasteiger partial charge on any atom is -0.456 e. The summed E-state index contributed by atoms with van der Waals surface area (Å²) in [5.74, 6) is 4.88. The molecule has 0 N–H and O–H groups in total. The first-order valence-corrected chi connectivity index (χ1v) is 4.65. The van der Waals surface area contributed by atoms with Crippen LogP contribution in [0.2, 0.25) is 0 Å². The van der Waals surface area contributed by atoms with Crippen LogP contribution in [0.4, 0.5) is 0 Å². The van der Waals surface area contributed by atoms with Crippen LogP contribution in [0.15, 0.2) is 0 Å². The van der Waals surface area contributed by atoms with Crippen molar-refractivity contribution in [3.8, 4) is 11.8 Å². The molecular formula is C11H18O2. The Morgan fingerprint density at radius 2 is 2.00 bits per heavy atom. The lowest BCUT2D eigenvalue weighted by Gasteiger charge is -2.06. The highest BCUT2D eigenvalue weighted by atomic mass is 16.5. The molecule has 0 aliphatic heterocycles. The third-order valence-electron chi connectivity index (χ3n) is 1.27. The van der Waals surface area contributed by atoms with Crippen molar-refractivity contribution in [1.82, 2.24) is 0 Å². The van der Waals surface area contributed by atoms with Crippen LogP contribution in [0.25, 0.3) is 0 Å². The largest absolute Gasteiger partial charge is 0.456 e. The summed E-state index contributed by atoms with van der Waals surface area (Å²) in [4.78, 5) is 11.0. The lowest BCUT2D eigenvalue weighted by molar-refractivity contribution is -0.136. The minimum absolute atomic E-state index is 0.135. The third kappa shape index (κ3) is 8.94. The lowest BCUT2D eigenvalue weighted by Crippen LogP contribution is -2.05. The molecule has 0 unspecified atom stereocenters. The van der Waals surface area contributed by atoms with Crippen molar-refractivity contribution in [2.45, 2.75) is 40.5 Å². The van der Waals surface area contributed by atoms with Crippen LogP contribution >= 0.6 is 0 Å². The van der Waals surface area contributed by atoms with E-state index in [1.54, 1.807) is 0 Å². The normalized spacial score (nSPS) is 10.2. The molecule has 13 heavy (non-hydrogen) atoms. The zero-order valence-electron chi connectivity index (χ0n) is 8.94. The Balaban J connectivity index is 3.78. The molecule has 0 amide bonds. The van der Waals surface area contributed by atoms with E-state index in [2.05, 4.69) is 18.8 Å². The van der Waals surface area contributed by atoms with Gasteiger partial charge in [0.2, 0.25) is 0 Å².